The van der Waals surface area contributed by atoms with Gasteiger partial charge in [0.2, 0.25) is 0 Å². The van der Waals surface area contributed by atoms with Crippen LogP contribution < -0.4 is 0 Å². The van der Waals surface area contributed by atoms with Gasteiger partial charge in [-0.25, -0.2) is 4.79 Å². The van der Waals surface area contributed by atoms with Crippen molar-refractivity contribution in [3.05, 3.63) is 46.6 Å². The zero-order valence-corrected chi connectivity index (χ0v) is 9.19. The van der Waals surface area contributed by atoms with Crippen molar-refractivity contribution in [3.8, 4) is 0 Å². The monoisotopic (exact) mass is 235 g/mol. The van der Waals surface area contributed by atoms with Crippen LogP contribution in [-0.4, -0.2) is 16.1 Å². The minimum Gasteiger partial charge on any atom is -0.465 e. The van der Waals surface area contributed by atoms with E-state index in [0.717, 1.165) is 12.0 Å². The van der Waals surface area contributed by atoms with Gasteiger partial charge in [0.25, 0.3) is 0 Å². The Balaban J connectivity index is 2.12. The first-order valence-electron chi connectivity index (χ1n) is 5.16. The molecule has 0 fully saturated rings. The van der Waals surface area contributed by atoms with E-state index in [0.29, 0.717) is 10.9 Å². The second kappa shape index (κ2) is 3.25. The summed E-state index contributed by atoms with van der Waals surface area (Å²) in [6.45, 7) is 0. The maximum Gasteiger partial charge on any atom is 0.411 e. The molecule has 82 valence electrons. The molecule has 1 amide bonds. The molecule has 1 aliphatic carbocycles. The number of carbonyl (C=O) groups is 1. The molecule has 1 heterocycles. The topological polar surface area (TPSA) is 40.5 Å². The number of allylic oxidation sites excluding steroid dienone is 1. The largest absolute Gasteiger partial charge is 0.465 e. The number of halogens is 1. The second-order valence-corrected chi connectivity index (χ2v) is 4.60. The van der Waals surface area contributed by atoms with Crippen LogP contribution in [0.2, 0.25) is 5.02 Å². The maximum atomic E-state index is 11.1. The standard InChI is InChI=1S/C12H10ClNO2/c13-8-1-2-9-7-3-4-14(12(15)16)11(5-7)10(9)6-8/h1-4,6-7,11H,5H2,(H,15,16)/t7-,11+/m1/s1. The zero-order chi connectivity index (χ0) is 11.3. The fraction of sp³-hybridized carbons (Fsp3) is 0.250. The number of hydrogen-bond acceptors (Lipinski definition) is 1. The summed E-state index contributed by atoms with van der Waals surface area (Å²) in [6.07, 6.45) is 3.53. The Bertz CT molecular complexity index is 498. The van der Waals surface area contributed by atoms with Crippen molar-refractivity contribution in [1.82, 2.24) is 4.90 Å². The van der Waals surface area contributed by atoms with Crippen molar-refractivity contribution < 1.29 is 9.90 Å². The lowest BCUT2D eigenvalue weighted by Crippen LogP contribution is -2.29. The summed E-state index contributed by atoms with van der Waals surface area (Å²) in [7, 11) is 0. The fourth-order valence-corrected chi connectivity index (χ4v) is 2.79. The van der Waals surface area contributed by atoms with Crippen molar-refractivity contribution in [3.63, 3.8) is 0 Å². The SMILES string of the molecule is O=C(O)N1C=C[C@@H]2C[C@H]1c1cc(Cl)ccc12. The zero-order valence-electron chi connectivity index (χ0n) is 8.43. The van der Waals surface area contributed by atoms with Gasteiger partial charge in [-0.2, -0.15) is 0 Å². The van der Waals surface area contributed by atoms with Crippen LogP contribution in [0.3, 0.4) is 0 Å². The summed E-state index contributed by atoms with van der Waals surface area (Å²) in [5, 5.41) is 9.76. The molecule has 4 heteroatoms. The minimum atomic E-state index is -0.910. The first-order chi connectivity index (χ1) is 7.66. The van der Waals surface area contributed by atoms with E-state index in [9.17, 15) is 4.79 Å². The van der Waals surface area contributed by atoms with Crippen LogP contribution in [0.25, 0.3) is 0 Å². The van der Waals surface area contributed by atoms with Gasteiger partial charge in [-0.05, 0) is 29.7 Å². The highest BCUT2D eigenvalue weighted by Gasteiger charge is 2.38. The van der Waals surface area contributed by atoms with Crippen LogP contribution in [0.4, 0.5) is 4.79 Å². The highest BCUT2D eigenvalue weighted by Crippen LogP contribution is 2.47. The van der Waals surface area contributed by atoms with Gasteiger partial charge in [0.05, 0.1) is 6.04 Å². The highest BCUT2D eigenvalue weighted by atomic mass is 35.5. The first kappa shape index (κ1) is 9.73. The summed E-state index contributed by atoms with van der Waals surface area (Å²) in [5.41, 5.74) is 2.25. The molecule has 2 aliphatic rings. The Morgan fingerprint density at radius 3 is 3.00 bits per heavy atom. The van der Waals surface area contributed by atoms with Crippen molar-refractivity contribution in [2.24, 2.45) is 0 Å². The predicted octanol–water partition coefficient (Wildman–Crippen LogP) is 3.38. The van der Waals surface area contributed by atoms with Gasteiger partial charge in [0.15, 0.2) is 0 Å². The molecular formula is C12H10ClNO2. The van der Waals surface area contributed by atoms with Crippen molar-refractivity contribution in [1.29, 1.82) is 0 Å². The molecule has 1 aromatic rings. The molecule has 2 bridgehead atoms. The molecule has 0 radical (unpaired) electrons. The lowest BCUT2D eigenvalue weighted by molar-refractivity contribution is 0.144. The smallest absolute Gasteiger partial charge is 0.411 e. The number of rotatable bonds is 0. The average molecular weight is 236 g/mol. The fourth-order valence-electron chi connectivity index (χ4n) is 2.61. The summed E-state index contributed by atoms with van der Waals surface area (Å²) >= 11 is 5.95. The lowest BCUT2D eigenvalue weighted by atomic mass is 10.0. The predicted molar refractivity (Wildman–Crippen MR) is 60.6 cm³/mol. The molecule has 3 nitrogen and oxygen atoms in total. The van der Waals surface area contributed by atoms with Crippen molar-refractivity contribution in [2.45, 2.75) is 18.4 Å². The third kappa shape index (κ3) is 1.25. The van der Waals surface area contributed by atoms with Crippen molar-refractivity contribution >= 4 is 17.7 Å². The minimum absolute atomic E-state index is 0.0683. The molecule has 0 saturated heterocycles. The molecule has 0 aromatic heterocycles. The van der Waals surface area contributed by atoms with Gasteiger partial charge in [0.1, 0.15) is 0 Å². The first-order valence-corrected chi connectivity index (χ1v) is 5.53. The molecule has 0 spiro atoms. The molecular weight excluding hydrogens is 226 g/mol. The quantitative estimate of drug-likeness (QED) is 0.749. The van der Waals surface area contributed by atoms with Crippen LogP contribution in [0.5, 0.6) is 0 Å². The van der Waals surface area contributed by atoms with E-state index in [1.54, 1.807) is 6.20 Å². The van der Waals surface area contributed by atoms with Crippen LogP contribution in [-0.2, 0) is 0 Å². The van der Waals surface area contributed by atoms with Crippen LogP contribution >= 0.6 is 11.6 Å². The van der Waals surface area contributed by atoms with E-state index in [-0.39, 0.29) is 6.04 Å². The summed E-state index contributed by atoms with van der Waals surface area (Å²) in [6, 6.07) is 5.67. The molecule has 2 atom stereocenters. The average Bonchev–Trinajstić information content (AvgIpc) is 2.52. The van der Waals surface area contributed by atoms with Gasteiger partial charge >= 0.3 is 6.09 Å². The molecule has 0 unspecified atom stereocenters. The van der Waals surface area contributed by atoms with Crippen LogP contribution in [0.15, 0.2) is 30.5 Å². The number of carboxylic acid groups (broad SMARTS) is 1. The number of hydrogen-bond donors (Lipinski definition) is 1. The molecule has 3 rings (SSSR count). The Hall–Kier alpha value is -1.48. The normalized spacial score (nSPS) is 25.7. The van der Waals surface area contributed by atoms with E-state index in [4.69, 9.17) is 16.7 Å². The molecule has 0 saturated carbocycles. The van der Waals surface area contributed by atoms with Gasteiger partial charge in [-0.3, -0.25) is 4.90 Å². The number of fused-ring (bicyclic) bond motifs is 5. The van der Waals surface area contributed by atoms with E-state index < -0.39 is 6.09 Å². The number of amides is 1. The highest BCUT2D eigenvalue weighted by molar-refractivity contribution is 6.30. The Morgan fingerprint density at radius 2 is 2.25 bits per heavy atom. The van der Waals surface area contributed by atoms with Crippen LogP contribution in [0.1, 0.15) is 29.5 Å². The maximum absolute atomic E-state index is 11.1. The van der Waals surface area contributed by atoms with E-state index >= 15 is 0 Å². The summed E-state index contributed by atoms with van der Waals surface area (Å²) < 4.78 is 0. The van der Waals surface area contributed by atoms with Crippen molar-refractivity contribution in [2.75, 3.05) is 0 Å². The Labute approximate surface area is 97.9 Å². The summed E-state index contributed by atoms with van der Waals surface area (Å²) in [4.78, 5) is 12.4. The molecule has 1 aliphatic heterocycles. The third-order valence-corrected chi connectivity index (χ3v) is 3.56. The number of benzene rings is 1. The van der Waals surface area contributed by atoms with E-state index in [2.05, 4.69) is 0 Å². The van der Waals surface area contributed by atoms with Gasteiger partial charge < -0.3 is 5.11 Å². The second-order valence-electron chi connectivity index (χ2n) is 4.16. The van der Waals surface area contributed by atoms with Crippen LogP contribution in [0, 0.1) is 0 Å². The Morgan fingerprint density at radius 1 is 1.44 bits per heavy atom. The van der Waals surface area contributed by atoms with Gasteiger partial charge in [0, 0.05) is 17.1 Å². The molecule has 16 heavy (non-hydrogen) atoms. The lowest BCUT2D eigenvalue weighted by Gasteiger charge is -2.26. The van der Waals surface area contributed by atoms with E-state index in [1.165, 1.54) is 10.5 Å². The number of nitrogens with zero attached hydrogens (tertiary/aromatic N) is 1. The molecule has 1 aromatic carbocycles. The molecule has 1 N–H and O–H groups in total. The Kier molecular flexibility index (Phi) is 1.98. The van der Waals surface area contributed by atoms with Gasteiger partial charge in [-0.1, -0.05) is 23.7 Å². The van der Waals surface area contributed by atoms with Gasteiger partial charge in [-0.15, -0.1) is 0 Å². The van der Waals surface area contributed by atoms with E-state index in [1.807, 2.05) is 24.3 Å². The summed E-state index contributed by atoms with van der Waals surface area (Å²) in [5.74, 6) is 0.341. The third-order valence-electron chi connectivity index (χ3n) is 3.32.